The van der Waals surface area contributed by atoms with Gasteiger partial charge in [0.1, 0.15) is 11.4 Å². The van der Waals surface area contributed by atoms with Gasteiger partial charge in [0.25, 0.3) is 0 Å². The van der Waals surface area contributed by atoms with Crippen molar-refractivity contribution in [3.05, 3.63) is 70.4 Å². The molecule has 4 aromatic rings. The van der Waals surface area contributed by atoms with Crippen molar-refractivity contribution in [1.82, 2.24) is 14.8 Å². The molecule has 158 valence electrons. The molecule has 0 radical (unpaired) electrons. The number of hydrogen-bond acceptors (Lipinski definition) is 5. The molecule has 1 amide bonds. The third-order valence-electron chi connectivity index (χ3n) is 4.26. The van der Waals surface area contributed by atoms with Gasteiger partial charge in [0.2, 0.25) is 11.7 Å². The fourth-order valence-electron chi connectivity index (χ4n) is 2.90. The predicted octanol–water partition coefficient (Wildman–Crippen LogP) is 6.16. The number of anilines is 1. The summed E-state index contributed by atoms with van der Waals surface area (Å²) >= 11 is 10.4. The highest BCUT2D eigenvalue weighted by Gasteiger charge is 2.18. The molecule has 0 spiro atoms. The zero-order chi connectivity index (χ0) is 22.0. The van der Waals surface area contributed by atoms with Gasteiger partial charge < -0.3 is 9.73 Å². The van der Waals surface area contributed by atoms with Crippen molar-refractivity contribution in [2.24, 2.45) is 0 Å². The largest absolute Gasteiger partial charge is 0.453 e. The first-order valence-corrected chi connectivity index (χ1v) is 11.2. The highest BCUT2D eigenvalue weighted by molar-refractivity contribution is 9.10. The molecule has 1 N–H and O–H groups in total. The van der Waals surface area contributed by atoms with Gasteiger partial charge in [0, 0.05) is 22.1 Å². The van der Waals surface area contributed by atoms with E-state index in [1.807, 2.05) is 28.8 Å². The van der Waals surface area contributed by atoms with Crippen molar-refractivity contribution in [2.45, 2.75) is 11.7 Å². The fraction of sp³-hybridized carbons (Fsp3) is 0.0952. The molecule has 31 heavy (non-hydrogen) atoms. The third kappa shape index (κ3) is 4.84. The van der Waals surface area contributed by atoms with Crippen molar-refractivity contribution < 1.29 is 13.6 Å². The average Bonchev–Trinajstić information content (AvgIpc) is 3.33. The highest BCUT2D eigenvalue weighted by Crippen LogP contribution is 2.31. The normalized spacial score (nSPS) is 11.1. The summed E-state index contributed by atoms with van der Waals surface area (Å²) in [6.45, 7) is 4.23. The fourth-order valence-corrected chi connectivity index (χ4v) is 4.20. The first-order valence-electron chi connectivity index (χ1n) is 9.06. The molecule has 0 aliphatic heterocycles. The maximum absolute atomic E-state index is 13.3. The number of thioether (sulfide) groups is 1. The Balaban J connectivity index is 1.52. The lowest BCUT2D eigenvalue weighted by Crippen LogP contribution is -2.14. The van der Waals surface area contributed by atoms with Crippen LogP contribution in [0.3, 0.4) is 0 Å². The molecule has 2 aromatic heterocycles. The Morgan fingerprint density at radius 3 is 2.90 bits per heavy atom. The van der Waals surface area contributed by atoms with Crippen LogP contribution in [0.5, 0.6) is 0 Å². The molecular weight excluding hydrogens is 507 g/mol. The molecule has 10 heteroatoms. The molecule has 6 nitrogen and oxygen atoms in total. The van der Waals surface area contributed by atoms with Gasteiger partial charge in [-0.05, 0) is 42.5 Å². The summed E-state index contributed by atoms with van der Waals surface area (Å²) in [5, 5.41) is 12.6. The molecule has 0 bridgehead atoms. The van der Waals surface area contributed by atoms with Crippen LogP contribution >= 0.6 is 39.3 Å². The van der Waals surface area contributed by atoms with Crippen molar-refractivity contribution in [2.75, 3.05) is 11.1 Å². The number of rotatable bonds is 7. The minimum atomic E-state index is -0.544. The molecule has 0 saturated heterocycles. The maximum atomic E-state index is 13.3. The number of carbonyl (C=O) groups is 1. The Labute approximate surface area is 194 Å². The Kier molecular flexibility index (Phi) is 6.45. The average molecular weight is 522 g/mol. The van der Waals surface area contributed by atoms with E-state index in [4.69, 9.17) is 16.0 Å². The Morgan fingerprint density at radius 1 is 1.29 bits per heavy atom. The van der Waals surface area contributed by atoms with E-state index in [9.17, 15) is 9.18 Å². The van der Waals surface area contributed by atoms with Crippen molar-refractivity contribution in [1.29, 1.82) is 0 Å². The van der Waals surface area contributed by atoms with E-state index in [1.165, 1.54) is 30.0 Å². The topological polar surface area (TPSA) is 73.0 Å². The van der Waals surface area contributed by atoms with Gasteiger partial charge in [-0.2, -0.15) is 0 Å². The molecule has 0 saturated carbocycles. The lowest BCUT2D eigenvalue weighted by Gasteiger charge is -2.07. The lowest BCUT2D eigenvalue weighted by molar-refractivity contribution is -0.113. The number of carbonyl (C=O) groups excluding carboxylic acids is 1. The number of halogens is 3. The number of furan rings is 1. The first kappa shape index (κ1) is 21.6. The molecule has 0 atom stereocenters. The van der Waals surface area contributed by atoms with Crippen LogP contribution < -0.4 is 5.32 Å². The summed E-state index contributed by atoms with van der Waals surface area (Å²) < 4.78 is 22.0. The van der Waals surface area contributed by atoms with E-state index in [-0.39, 0.29) is 16.7 Å². The van der Waals surface area contributed by atoms with Crippen molar-refractivity contribution in [3.8, 4) is 11.6 Å². The van der Waals surface area contributed by atoms with Crippen LogP contribution in [-0.4, -0.2) is 26.4 Å². The molecule has 0 aliphatic carbocycles. The monoisotopic (exact) mass is 520 g/mol. The van der Waals surface area contributed by atoms with Crippen LogP contribution in [0.1, 0.15) is 0 Å². The van der Waals surface area contributed by atoms with E-state index in [0.29, 0.717) is 29.0 Å². The van der Waals surface area contributed by atoms with Gasteiger partial charge in [-0.3, -0.25) is 9.36 Å². The second-order valence-corrected chi connectivity index (χ2v) is 8.73. The number of fused-ring (bicyclic) bond motifs is 1. The van der Waals surface area contributed by atoms with Crippen molar-refractivity contribution in [3.63, 3.8) is 0 Å². The Bertz CT molecular complexity index is 1290. The SMILES string of the molecule is C=CCn1c(SCC(=O)Nc2ccc(F)c(Cl)c2)nnc1-c1cc2cc(Br)ccc2o1. The van der Waals surface area contributed by atoms with E-state index >= 15 is 0 Å². The summed E-state index contributed by atoms with van der Waals surface area (Å²) in [5.41, 5.74) is 1.15. The lowest BCUT2D eigenvalue weighted by atomic mass is 10.2. The summed E-state index contributed by atoms with van der Waals surface area (Å²) in [6.07, 6.45) is 1.72. The van der Waals surface area contributed by atoms with Gasteiger partial charge in [-0.15, -0.1) is 16.8 Å². The summed E-state index contributed by atoms with van der Waals surface area (Å²) in [4.78, 5) is 12.3. The van der Waals surface area contributed by atoms with E-state index in [2.05, 4.69) is 38.0 Å². The van der Waals surface area contributed by atoms with Gasteiger partial charge in [-0.1, -0.05) is 45.4 Å². The number of nitrogens with zero attached hydrogens (tertiary/aromatic N) is 3. The smallest absolute Gasteiger partial charge is 0.234 e. The third-order valence-corrected chi connectivity index (χ3v) is 6.01. The van der Waals surface area contributed by atoms with Crippen LogP contribution in [-0.2, 0) is 11.3 Å². The summed E-state index contributed by atoms with van der Waals surface area (Å²) in [6, 6.07) is 11.6. The number of aromatic nitrogens is 3. The van der Waals surface area contributed by atoms with Crippen LogP contribution in [0.4, 0.5) is 10.1 Å². The molecule has 0 fully saturated rings. The molecule has 4 rings (SSSR count). The van der Waals surface area contributed by atoms with Crippen molar-refractivity contribution >= 4 is 61.9 Å². The van der Waals surface area contributed by atoms with Crippen LogP contribution in [0.15, 0.2) is 69.2 Å². The number of benzene rings is 2. The Morgan fingerprint density at radius 2 is 2.13 bits per heavy atom. The zero-order valence-electron chi connectivity index (χ0n) is 15.9. The van der Waals surface area contributed by atoms with Crippen LogP contribution in [0.2, 0.25) is 5.02 Å². The van der Waals surface area contributed by atoms with E-state index in [1.54, 1.807) is 6.08 Å². The standard InChI is InChI=1S/C21H15BrClFN4O2S/c1-2-7-28-20(18-9-12-8-13(22)3-6-17(12)30-18)26-27-21(28)31-11-19(29)25-14-4-5-16(24)15(23)10-14/h2-6,8-10H,1,7,11H2,(H,25,29). The van der Waals surface area contributed by atoms with E-state index < -0.39 is 5.82 Å². The van der Waals surface area contributed by atoms with Gasteiger partial charge in [0.05, 0.1) is 10.8 Å². The van der Waals surface area contributed by atoms with Crippen LogP contribution in [0.25, 0.3) is 22.6 Å². The second-order valence-electron chi connectivity index (χ2n) is 6.46. The minimum absolute atomic E-state index is 0.0568. The van der Waals surface area contributed by atoms with Gasteiger partial charge in [-0.25, -0.2) is 4.39 Å². The van der Waals surface area contributed by atoms with Gasteiger partial charge in [0.15, 0.2) is 10.9 Å². The second kappa shape index (κ2) is 9.25. The highest BCUT2D eigenvalue weighted by atomic mass is 79.9. The Hall–Kier alpha value is -2.62. The summed E-state index contributed by atoms with van der Waals surface area (Å²) in [7, 11) is 0. The number of hydrogen-bond donors (Lipinski definition) is 1. The van der Waals surface area contributed by atoms with Gasteiger partial charge >= 0.3 is 0 Å². The number of nitrogens with one attached hydrogen (secondary N) is 1. The molecule has 2 heterocycles. The van der Waals surface area contributed by atoms with Crippen LogP contribution in [0, 0.1) is 5.82 Å². The molecule has 0 aliphatic rings. The first-order chi connectivity index (χ1) is 14.9. The predicted molar refractivity (Wildman–Crippen MR) is 124 cm³/mol. The number of allylic oxidation sites excluding steroid dienone is 1. The quantitative estimate of drug-likeness (QED) is 0.233. The molecule has 0 unspecified atom stereocenters. The minimum Gasteiger partial charge on any atom is -0.453 e. The molecule has 2 aromatic carbocycles. The number of amides is 1. The maximum Gasteiger partial charge on any atom is 0.234 e. The molecular formula is C21H15BrClFN4O2S. The summed E-state index contributed by atoms with van der Waals surface area (Å²) in [5.74, 6) is 0.366. The zero-order valence-corrected chi connectivity index (χ0v) is 19.1. The van der Waals surface area contributed by atoms with E-state index in [0.717, 1.165) is 15.4 Å².